The average Bonchev–Trinajstić information content (AvgIpc) is 3.25. The quantitative estimate of drug-likeness (QED) is 0.454. The normalized spacial score (nSPS) is 10.7. The van der Waals surface area contributed by atoms with Crippen molar-refractivity contribution in [1.29, 1.82) is 0 Å². The summed E-state index contributed by atoms with van der Waals surface area (Å²) < 4.78 is 1.63. The van der Waals surface area contributed by atoms with E-state index in [-0.39, 0.29) is 5.91 Å². The summed E-state index contributed by atoms with van der Waals surface area (Å²) in [5, 5.41) is 16.7. The molecule has 0 unspecified atom stereocenters. The minimum absolute atomic E-state index is 0.185. The molecule has 2 N–H and O–H groups in total. The van der Waals surface area contributed by atoms with Crippen molar-refractivity contribution in [3.8, 4) is 11.1 Å². The van der Waals surface area contributed by atoms with E-state index in [1.807, 2.05) is 0 Å². The van der Waals surface area contributed by atoms with Gasteiger partial charge in [0.25, 0.3) is 11.8 Å². The first kappa shape index (κ1) is 22.0. The number of benzene rings is 2. The second-order valence-electron chi connectivity index (χ2n) is 7.22. The summed E-state index contributed by atoms with van der Waals surface area (Å²) >= 11 is 5.93. The van der Waals surface area contributed by atoms with Crippen LogP contribution in [0.3, 0.4) is 0 Å². The van der Waals surface area contributed by atoms with Crippen LogP contribution >= 0.6 is 11.6 Å². The van der Waals surface area contributed by atoms with Gasteiger partial charge in [0.1, 0.15) is 6.54 Å². The molecule has 0 aliphatic rings. The minimum atomic E-state index is -1.14. The molecular formula is C24H19ClN4O4. The third-order valence-electron chi connectivity index (χ3n) is 5.13. The van der Waals surface area contributed by atoms with Gasteiger partial charge in [0, 0.05) is 40.6 Å². The summed E-state index contributed by atoms with van der Waals surface area (Å²) in [7, 11) is 1.57. The third-order valence-corrected chi connectivity index (χ3v) is 5.38. The molecule has 0 aliphatic carbocycles. The zero-order valence-electron chi connectivity index (χ0n) is 17.5. The largest absolute Gasteiger partial charge is 0.480 e. The number of nitrogens with one attached hydrogen (secondary N) is 1. The molecule has 4 rings (SSSR count). The first-order valence-electron chi connectivity index (χ1n) is 9.96. The summed E-state index contributed by atoms with van der Waals surface area (Å²) in [6, 6.07) is 16.7. The number of anilines is 1. The molecule has 0 saturated carbocycles. The predicted molar refractivity (Wildman–Crippen MR) is 125 cm³/mol. The van der Waals surface area contributed by atoms with Crippen LogP contribution in [0.5, 0.6) is 0 Å². The van der Waals surface area contributed by atoms with Gasteiger partial charge < -0.3 is 10.4 Å². The maximum absolute atomic E-state index is 13.3. The molecule has 8 nitrogen and oxygen atoms in total. The van der Waals surface area contributed by atoms with E-state index in [4.69, 9.17) is 11.6 Å². The van der Waals surface area contributed by atoms with Crippen molar-refractivity contribution >= 4 is 40.6 Å². The fourth-order valence-electron chi connectivity index (χ4n) is 3.47. The summed E-state index contributed by atoms with van der Waals surface area (Å²) in [5.74, 6) is -1.79. The smallest absolute Gasteiger partial charge is 0.323 e. The molecule has 0 spiro atoms. The molecule has 0 saturated heterocycles. The number of pyridine rings is 1. The Morgan fingerprint density at radius 2 is 1.73 bits per heavy atom. The SMILES string of the molecule is CNC(=O)c1ccc(-c2cnn3ccc(C(=O)N(CC(=O)O)c4ccc(Cl)cc4)cc23)cc1. The van der Waals surface area contributed by atoms with Gasteiger partial charge in [-0.1, -0.05) is 23.7 Å². The number of carboxylic acid groups (broad SMARTS) is 1. The van der Waals surface area contributed by atoms with Crippen LogP contribution in [-0.2, 0) is 4.79 Å². The molecule has 33 heavy (non-hydrogen) atoms. The summed E-state index contributed by atoms with van der Waals surface area (Å²) in [6.45, 7) is -0.501. The van der Waals surface area contributed by atoms with Gasteiger partial charge >= 0.3 is 5.97 Å². The molecule has 4 aromatic rings. The highest BCUT2D eigenvalue weighted by Gasteiger charge is 2.21. The molecule has 0 atom stereocenters. The Hall–Kier alpha value is -4.17. The van der Waals surface area contributed by atoms with Gasteiger partial charge in [0.15, 0.2) is 0 Å². The van der Waals surface area contributed by atoms with Crippen LogP contribution in [0.25, 0.3) is 16.6 Å². The average molecular weight is 463 g/mol. The van der Waals surface area contributed by atoms with Crippen LogP contribution in [0.4, 0.5) is 5.69 Å². The van der Waals surface area contributed by atoms with Gasteiger partial charge in [-0.05, 0) is 54.1 Å². The predicted octanol–water partition coefficient (Wildman–Crippen LogP) is 3.75. The second-order valence-corrected chi connectivity index (χ2v) is 7.66. The molecule has 2 heterocycles. The first-order valence-corrected chi connectivity index (χ1v) is 10.3. The van der Waals surface area contributed by atoms with E-state index in [9.17, 15) is 19.5 Å². The highest BCUT2D eigenvalue weighted by molar-refractivity contribution is 6.30. The Bertz CT molecular complexity index is 1350. The lowest BCUT2D eigenvalue weighted by Gasteiger charge is -2.21. The number of halogens is 1. The van der Waals surface area contributed by atoms with Crippen LogP contribution in [0.1, 0.15) is 20.7 Å². The van der Waals surface area contributed by atoms with Crippen molar-refractivity contribution in [2.24, 2.45) is 0 Å². The van der Waals surface area contributed by atoms with Crippen LogP contribution in [0.15, 0.2) is 73.1 Å². The lowest BCUT2D eigenvalue weighted by atomic mass is 10.0. The van der Waals surface area contributed by atoms with Crippen LogP contribution in [0.2, 0.25) is 5.02 Å². The van der Waals surface area contributed by atoms with Gasteiger partial charge in [-0.3, -0.25) is 19.3 Å². The van der Waals surface area contributed by atoms with E-state index in [1.165, 1.54) is 4.90 Å². The number of aliphatic carboxylic acids is 1. The third kappa shape index (κ3) is 4.56. The molecule has 2 aromatic heterocycles. The van der Waals surface area contributed by atoms with E-state index in [0.29, 0.717) is 27.4 Å². The number of fused-ring (bicyclic) bond motifs is 1. The number of hydrogen-bond acceptors (Lipinski definition) is 4. The van der Waals surface area contributed by atoms with E-state index in [0.717, 1.165) is 11.1 Å². The van der Waals surface area contributed by atoms with Gasteiger partial charge in [0.05, 0.1) is 11.7 Å². The van der Waals surface area contributed by atoms with Gasteiger partial charge in [-0.25, -0.2) is 4.52 Å². The maximum atomic E-state index is 13.3. The van der Waals surface area contributed by atoms with Crippen molar-refractivity contribution in [1.82, 2.24) is 14.9 Å². The number of carboxylic acids is 1. The van der Waals surface area contributed by atoms with Gasteiger partial charge in [-0.15, -0.1) is 0 Å². The molecule has 166 valence electrons. The fourth-order valence-corrected chi connectivity index (χ4v) is 3.60. The number of nitrogens with zero attached hydrogens (tertiary/aromatic N) is 3. The molecule has 0 radical (unpaired) electrons. The monoisotopic (exact) mass is 462 g/mol. The molecule has 0 fully saturated rings. The number of aromatic nitrogens is 2. The Morgan fingerprint density at radius 3 is 2.36 bits per heavy atom. The minimum Gasteiger partial charge on any atom is -0.480 e. The van der Waals surface area contributed by atoms with Gasteiger partial charge in [0.2, 0.25) is 0 Å². The van der Waals surface area contributed by atoms with E-state index >= 15 is 0 Å². The number of carbonyl (C=O) groups excluding carboxylic acids is 2. The zero-order valence-corrected chi connectivity index (χ0v) is 18.3. The maximum Gasteiger partial charge on any atom is 0.323 e. The first-order chi connectivity index (χ1) is 15.9. The van der Waals surface area contributed by atoms with Crippen LogP contribution in [-0.4, -0.2) is 46.1 Å². The van der Waals surface area contributed by atoms with E-state index in [2.05, 4.69) is 10.4 Å². The summed E-state index contributed by atoms with van der Waals surface area (Å²) in [6.07, 6.45) is 3.32. The Kier molecular flexibility index (Phi) is 6.10. The molecule has 0 aliphatic heterocycles. The van der Waals surface area contributed by atoms with Crippen LogP contribution in [0, 0.1) is 0 Å². The van der Waals surface area contributed by atoms with E-state index in [1.54, 1.807) is 84.6 Å². The lowest BCUT2D eigenvalue weighted by molar-refractivity contribution is -0.135. The summed E-state index contributed by atoms with van der Waals surface area (Å²) in [4.78, 5) is 37.7. The van der Waals surface area contributed by atoms with Crippen LogP contribution < -0.4 is 10.2 Å². The lowest BCUT2D eigenvalue weighted by Crippen LogP contribution is -2.35. The molecule has 2 amide bonds. The molecular weight excluding hydrogens is 444 g/mol. The second kappa shape index (κ2) is 9.13. The zero-order chi connectivity index (χ0) is 23.5. The Labute approximate surface area is 194 Å². The number of carbonyl (C=O) groups is 3. The Balaban J connectivity index is 1.72. The molecule has 2 aromatic carbocycles. The topological polar surface area (TPSA) is 104 Å². The van der Waals surface area contributed by atoms with Crippen molar-refractivity contribution in [2.45, 2.75) is 0 Å². The fraction of sp³-hybridized carbons (Fsp3) is 0.0833. The highest BCUT2D eigenvalue weighted by Crippen LogP contribution is 2.27. The van der Waals surface area contributed by atoms with E-state index < -0.39 is 18.4 Å². The number of hydrogen-bond donors (Lipinski definition) is 2. The standard InChI is InChI=1S/C24H19ClN4O4/c1-26-23(32)16-4-2-15(3-5-16)20-13-27-29-11-10-17(12-21(20)29)24(33)28(14-22(30)31)19-8-6-18(25)7-9-19/h2-13H,14H2,1H3,(H,26,32)(H,30,31). The number of rotatable bonds is 6. The number of amides is 2. The summed E-state index contributed by atoms with van der Waals surface area (Å²) in [5.41, 5.74) is 3.51. The Morgan fingerprint density at radius 1 is 1.03 bits per heavy atom. The highest BCUT2D eigenvalue weighted by atomic mass is 35.5. The molecule has 9 heteroatoms. The van der Waals surface area contributed by atoms with Crippen molar-refractivity contribution < 1.29 is 19.5 Å². The van der Waals surface area contributed by atoms with Gasteiger partial charge in [-0.2, -0.15) is 5.10 Å². The van der Waals surface area contributed by atoms with Crippen molar-refractivity contribution in [2.75, 3.05) is 18.5 Å². The van der Waals surface area contributed by atoms with Crippen molar-refractivity contribution in [3.05, 3.63) is 89.2 Å². The molecule has 0 bridgehead atoms. The van der Waals surface area contributed by atoms with Crippen molar-refractivity contribution in [3.63, 3.8) is 0 Å².